The van der Waals surface area contributed by atoms with Crippen molar-refractivity contribution in [3.05, 3.63) is 65.7 Å². The normalized spacial score (nSPS) is 10.7. The van der Waals surface area contributed by atoms with E-state index in [4.69, 9.17) is 25.8 Å². The van der Waals surface area contributed by atoms with Crippen molar-refractivity contribution in [1.82, 2.24) is 25.1 Å². The summed E-state index contributed by atoms with van der Waals surface area (Å²) >= 11 is 5.89. The Morgan fingerprint density at radius 2 is 1.94 bits per heavy atom. The number of aromatic nitrogens is 4. The van der Waals surface area contributed by atoms with Crippen LogP contribution in [0, 0.1) is 0 Å². The first kappa shape index (κ1) is 21.4. The molecule has 0 fully saturated rings. The smallest absolute Gasteiger partial charge is 0.258 e. The van der Waals surface area contributed by atoms with Crippen molar-refractivity contribution in [3.63, 3.8) is 0 Å². The average molecular weight is 454 g/mol. The molecule has 0 aliphatic heterocycles. The minimum Gasteiger partial charge on any atom is -0.496 e. The van der Waals surface area contributed by atoms with Crippen molar-refractivity contribution in [3.8, 4) is 28.8 Å². The number of nitrogens with one attached hydrogen (secondary N) is 1. The quantitative estimate of drug-likeness (QED) is 0.389. The standard InChI is InChI=1S/C22H20ClN5O4/c1-30-18-8-3-2-7-17(18)22-26-25-19-9-10-21(27-28(19)22)31-12-11-24-20(29)14-32-16-6-4-5-15(23)13-16/h2-10,13H,11-12,14H2,1H3,(H,24,29). The summed E-state index contributed by atoms with van der Waals surface area (Å²) in [6.07, 6.45) is 0. The number of carbonyl (C=O) groups is 1. The molecular formula is C22H20ClN5O4. The van der Waals surface area contributed by atoms with Crippen molar-refractivity contribution in [2.24, 2.45) is 0 Å². The maximum Gasteiger partial charge on any atom is 0.258 e. The molecule has 0 radical (unpaired) electrons. The van der Waals surface area contributed by atoms with Gasteiger partial charge in [-0.15, -0.1) is 15.3 Å². The fraction of sp³-hybridized carbons (Fsp3) is 0.182. The summed E-state index contributed by atoms with van der Waals surface area (Å²) < 4.78 is 18.1. The van der Waals surface area contributed by atoms with Crippen molar-refractivity contribution in [2.75, 3.05) is 26.9 Å². The molecule has 0 aliphatic rings. The van der Waals surface area contributed by atoms with E-state index in [9.17, 15) is 4.79 Å². The number of rotatable bonds is 9. The molecule has 4 rings (SSSR count). The van der Waals surface area contributed by atoms with Gasteiger partial charge in [0.1, 0.15) is 18.1 Å². The van der Waals surface area contributed by atoms with Gasteiger partial charge in [0.05, 0.1) is 19.2 Å². The van der Waals surface area contributed by atoms with Gasteiger partial charge in [-0.25, -0.2) is 0 Å². The second-order valence-electron chi connectivity index (χ2n) is 6.61. The molecular weight excluding hydrogens is 434 g/mol. The minimum absolute atomic E-state index is 0.118. The lowest BCUT2D eigenvalue weighted by molar-refractivity contribution is -0.123. The van der Waals surface area contributed by atoms with Crippen LogP contribution in [0.5, 0.6) is 17.4 Å². The highest BCUT2D eigenvalue weighted by Crippen LogP contribution is 2.28. The Labute approximate surface area is 188 Å². The molecule has 9 nitrogen and oxygen atoms in total. The Balaban J connectivity index is 1.32. The molecule has 2 aromatic carbocycles. The molecule has 0 atom stereocenters. The Bertz CT molecular complexity index is 1230. The third-order valence-electron chi connectivity index (χ3n) is 4.43. The lowest BCUT2D eigenvalue weighted by atomic mass is 10.2. The SMILES string of the molecule is COc1ccccc1-c1nnc2ccc(OCCNC(=O)COc3cccc(Cl)c3)nn12. The van der Waals surface area contributed by atoms with Crippen LogP contribution < -0.4 is 19.5 Å². The van der Waals surface area contributed by atoms with Gasteiger partial charge in [0.25, 0.3) is 5.91 Å². The van der Waals surface area contributed by atoms with Crippen LogP contribution in [-0.4, -0.2) is 52.6 Å². The second kappa shape index (κ2) is 9.97. The van der Waals surface area contributed by atoms with Crippen LogP contribution in [0.1, 0.15) is 0 Å². The monoisotopic (exact) mass is 453 g/mol. The molecule has 2 heterocycles. The van der Waals surface area contributed by atoms with Gasteiger partial charge in [0, 0.05) is 11.1 Å². The predicted octanol–water partition coefficient (Wildman–Crippen LogP) is 3.03. The average Bonchev–Trinajstić information content (AvgIpc) is 3.23. The summed E-state index contributed by atoms with van der Waals surface area (Å²) in [5.41, 5.74) is 1.34. The van der Waals surface area contributed by atoms with Crippen molar-refractivity contribution < 1.29 is 19.0 Å². The van der Waals surface area contributed by atoms with Gasteiger partial charge < -0.3 is 19.5 Å². The maximum atomic E-state index is 11.9. The van der Waals surface area contributed by atoms with Crippen LogP contribution in [0.15, 0.2) is 60.7 Å². The molecule has 4 aromatic rings. The molecule has 10 heteroatoms. The van der Waals surface area contributed by atoms with Crippen LogP contribution >= 0.6 is 11.6 Å². The van der Waals surface area contributed by atoms with Gasteiger partial charge in [0.2, 0.25) is 5.88 Å². The molecule has 0 saturated heterocycles. The highest BCUT2D eigenvalue weighted by Gasteiger charge is 2.14. The van der Waals surface area contributed by atoms with Crippen LogP contribution in [0.4, 0.5) is 0 Å². The van der Waals surface area contributed by atoms with Gasteiger partial charge in [0.15, 0.2) is 18.1 Å². The van der Waals surface area contributed by atoms with Gasteiger partial charge >= 0.3 is 0 Å². The lowest BCUT2D eigenvalue weighted by Crippen LogP contribution is -2.32. The summed E-state index contributed by atoms with van der Waals surface area (Å²) in [5.74, 6) is 1.83. The van der Waals surface area contributed by atoms with E-state index in [-0.39, 0.29) is 19.1 Å². The zero-order chi connectivity index (χ0) is 22.3. The summed E-state index contributed by atoms with van der Waals surface area (Å²) in [7, 11) is 1.60. The van der Waals surface area contributed by atoms with E-state index in [1.807, 2.05) is 24.3 Å². The Morgan fingerprint density at radius 1 is 1.06 bits per heavy atom. The van der Waals surface area contributed by atoms with Crippen molar-refractivity contribution >= 4 is 23.2 Å². The molecule has 0 aliphatic carbocycles. The number of benzene rings is 2. The number of ether oxygens (including phenoxy) is 3. The van der Waals surface area contributed by atoms with Crippen LogP contribution in [-0.2, 0) is 4.79 Å². The summed E-state index contributed by atoms with van der Waals surface area (Å²) in [5, 5.41) is 16.1. The first-order chi connectivity index (χ1) is 15.6. The van der Waals surface area contributed by atoms with E-state index >= 15 is 0 Å². The van der Waals surface area contributed by atoms with Crippen LogP contribution in [0.3, 0.4) is 0 Å². The number of para-hydroxylation sites is 1. The van der Waals surface area contributed by atoms with E-state index in [0.29, 0.717) is 40.4 Å². The molecule has 0 unspecified atom stereocenters. The molecule has 1 N–H and O–H groups in total. The Kier molecular flexibility index (Phi) is 6.66. The third-order valence-corrected chi connectivity index (χ3v) is 4.66. The summed E-state index contributed by atoms with van der Waals surface area (Å²) in [4.78, 5) is 11.9. The predicted molar refractivity (Wildman–Crippen MR) is 118 cm³/mol. The molecule has 0 spiro atoms. The van der Waals surface area contributed by atoms with E-state index in [1.54, 1.807) is 48.0 Å². The van der Waals surface area contributed by atoms with E-state index in [1.165, 1.54) is 0 Å². The van der Waals surface area contributed by atoms with E-state index in [0.717, 1.165) is 5.56 Å². The summed E-state index contributed by atoms with van der Waals surface area (Å²) in [6, 6.07) is 17.8. The first-order valence-electron chi connectivity index (χ1n) is 9.78. The number of hydrogen-bond donors (Lipinski definition) is 1. The number of carbonyl (C=O) groups excluding carboxylic acids is 1. The van der Waals surface area contributed by atoms with E-state index < -0.39 is 0 Å². The van der Waals surface area contributed by atoms with Gasteiger partial charge in [-0.05, 0) is 36.4 Å². The number of nitrogens with zero attached hydrogens (tertiary/aromatic N) is 4. The molecule has 164 valence electrons. The number of amides is 1. The Morgan fingerprint density at radius 3 is 2.78 bits per heavy atom. The van der Waals surface area contributed by atoms with E-state index in [2.05, 4.69) is 20.6 Å². The van der Waals surface area contributed by atoms with Crippen molar-refractivity contribution in [2.45, 2.75) is 0 Å². The topological polar surface area (TPSA) is 99.9 Å². The zero-order valence-corrected chi connectivity index (χ0v) is 18.0. The fourth-order valence-electron chi connectivity index (χ4n) is 2.95. The van der Waals surface area contributed by atoms with Gasteiger partial charge in [-0.2, -0.15) is 4.52 Å². The van der Waals surface area contributed by atoms with Crippen molar-refractivity contribution in [1.29, 1.82) is 0 Å². The molecule has 2 aromatic heterocycles. The molecule has 1 amide bonds. The zero-order valence-electron chi connectivity index (χ0n) is 17.2. The summed E-state index contributed by atoms with van der Waals surface area (Å²) in [6.45, 7) is 0.403. The first-order valence-corrected chi connectivity index (χ1v) is 10.2. The van der Waals surface area contributed by atoms with Crippen LogP contribution in [0.25, 0.3) is 17.0 Å². The number of hydrogen-bond acceptors (Lipinski definition) is 7. The number of fused-ring (bicyclic) bond motifs is 1. The van der Waals surface area contributed by atoms with Gasteiger partial charge in [-0.1, -0.05) is 29.8 Å². The third kappa shape index (κ3) is 5.06. The lowest BCUT2D eigenvalue weighted by Gasteiger charge is -2.09. The number of methoxy groups -OCH3 is 1. The largest absolute Gasteiger partial charge is 0.496 e. The second-order valence-corrected chi connectivity index (χ2v) is 7.05. The fourth-order valence-corrected chi connectivity index (χ4v) is 3.13. The Hall–Kier alpha value is -3.85. The van der Waals surface area contributed by atoms with Gasteiger partial charge in [-0.3, -0.25) is 4.79 Å². The molecule has 0 saturated carbocycles. The maximum absolute atomic E-state index is 11.9. The molecule has 32 heavy (non-hydrogen) atoms. The highest BCUT2D eigenvalue weighted by atomic mass is 35.5. The highest BCUT2D eigenvalue weighted by molar-refractivity contribution is 6.30. The van der Waals surface area contributed by atoms with Crippen LogP contribution in [0.2, 0.25) is 5.02 Å². The molecule has 0 bridgehead atoms. The number of halogens is 1. The minimum atomic E-state index is -0.269.